The summed E-state index contributed by atoms with van der Waals surface area (Å²) in [5.74, 6) is 0.458. The fourth-order valence-electron chi connectivity index (χ4n) is 2.37. The molecule has 1 fully saturated rings. The highest BCUT2D eigenvalue weighted by molar-refractivity contribution is 5.96. The second-order valence-electron chi connectivity index (χ2n) is 4.99. The van der Waals surface area contributed by atoms with Crippen molar-refractivity contribution in [2.75, 3.05) is 26.2 Å². The number of nitrogens with zero attached hydrogens (tertiary/aromatic N) is 1. The van der Waals surface area contributed by atoms with Crippen LogP contribution in [0.2, 0.25) is 0 Å². The summed E-state index contributed by atoms with van der Waals surface area (Å²) in [5.41, 5.74) is 0.336. The average molecular weight is 263 g/mol. The number of rotatable bonds is 5. The molecule has 1 heterocycles. The van der Waals surface area contributed by atoms with E-state index in [0.717, 1.165) is 19.6 Å². The minimum Gasteiger partial charge on any atom is -0.507 e. The predicted octanol–water partition coefficient (Wildman–Crippen LogP) is 2.46. The van der Waals surface area contributed by atoms with Crippen LogP contribution >= 0.6 is 0 Å². The van der Waals surface area contributed by atoms with Crippen molar-refractivity contribution in [1.82, 2.24) is 4.90 Å². The van der Waals surface area contributed by atoms with Crippen molar-refractivity contribution in [3.63, 3.8) is 0 Å². The molecular weight excluding hydrogens is 242 g/mol. The number of hydrogen-bond acceptors (Lipinski definition) is 4. The monoisotopic (exact) mass is 263 g/mol. The second-order valence-corrected chi connectivity index (χ2v) is 4.99. The molecule has 19 heavy (non-hydrogen) atoms. The lowest BCUT2D eigenvalue weighted by Crippen LogP contribution is -2.33. The number of Topliss-reactive ketones (excluding diaryl/α,β-unsaturated/α-hetero) is 1. The molecule has 1 aliphatic rings. The fraction of sp³-hybridized carbons (Fsp3) is 0.533. The summed E-state index contributed by atoms with van der Waals surface area (Å²) in [6.07, 6.45) is 3.87. The zero-order valence-electron chi connectivity index (χ0n) is 11.4. The molecule has 1 aliphatic heterocycles. The third-order valence-electron chi connectivity index (χ3n) is 3.47. The zero-order valence-corrected chi connectivity index (χ0v) is 11.4. The van der Waals surface area contributed by atoms with E-state index < -0.39 is 0 Å². The van der Waals surface area contributed by atoms with E-state index in [9.17, 15) is 9.90 Å². The summed E-state index contributed by atoms with van der Waals surface area (Å²) in [6, 6.07) is 4.84. The van der Waals surface area contributed by atoms with Crippen LogP contribution in [0.4, 0.5) is 0 Å². The Kier molecular flexibility index (Phi) is 4.80. The van der Waals surface area contributed by atoms with Gasteiger partial charge < -0.3 is 9.84 Å². The average Bonchev–Trinajstić information content (AvgIpc) is 2.39. The minimum atomic E-state index is -0.141. The number of hydrogen-bond donors (Lipinski definition) is 1. The highest BCUT2D eigenvalue weighted by Crippen LogP contribution is 2.23. The molecule has 0 aromatic heterocycles. The van der Waals surface area contributed by atoms with Crippen LogP contribution in [-0.4, -0.2) is 42.0 Å². The lowest BCUT2D eigenvalue weighted by atomic mass is 10.1. The molecule has 0 spiro atoms. The lowest BCUT2D eigenvalue weighted by Gasteiger charge is -2.26. The molecule has 0 radical (unpaired) electrons. The Labute approximate surface area is 114 Å². The maximum Gasteiger partial charge on any atom is 0.163 e. The van der Waals surface area contributed by atoms with Gasteiger partial charge in [-0.05, 0) is 45.0 Å². The van der Waals surface area contributed by atoms with Gasteiger partial charge in [0.05, 0.1) is 5.56 Å². The van der Waals surface area contributed by atoms with Crippen molar-refractivity contribution in [2.24, 2.45) is 0 Å². The normalized spacial score (nSPS) is 16.3. The SMILES string of the molecule is CC(=O)c1ccc(OCCN2CCCCC2)cc1O. The van der Waals surface area contributed by atoms with Gasteiger partial charge in [-0.3, -0.25) is 9.69 Å². The van der Waals surface area contributed by atoms with Crippen LogP contribution in [0.25, 0.3) is 0 Å². The van der Waals surface area contributed by atoms with Gasteiger partial charge in [0, 0.05) is 12.6 Å². The summed E-state index contributed by atoms with van der Waals surface area (Å²) in [5, 5.41) is 9.70. The molecule has 1 aromatic rings. The number of ether oxygens (including phenoxy) is 1. The van der Waals surface area contributed by atoms with Crippen LogP contribution in [0.1, 0.15) is 36.5 Å². The number of carbonyl (C=O) groups excluding carboxylic acids is 1. The van der Waals surface area contributed by atoms with Crippen molar-refractivity contribution in [3.8, 4) is 11.5 Å². The molecule has 4 heteroatoms. The Balaban J connectivity index is 1.82. The molecule has 104 valence electrons. The summed E-state index contributed by atoms with van der Waals surface area (Å²) in [4.78, 5) is 13.6. The Bertz CT molecular complexity index is 439. The van der Waals surface area contributed by atoms with Crippen molar-refractivity contribution in [1.29, 1.82) is 0 Å². The molecule has 0 bridgehead atoms. The summed E-state index contributed by atoms with van der Waals surface area (Å²) < 4.78 is 5.61. The highest BCUT2D eigenvalue weighted by Gasteiger charge is 2.10. The van der Waals surface area contributed by atoms with E-state index in [4.69, 9.17) is 4.74 Å². The van der Waals surface area contributed by atoms with Gasteiger partial charge in [0.2, 0.25) is 0 Å². The van der Waals surface area contributed by atoms with Crippen LogP contribution in [-0.2, 0) is 0 Å². The smallest absolute Gasteiger partial charge is 0.163 e. The van der Waals surface area contributed by atoms with E-state index in [0.29, 0.717) is 17.9 Å². The van der Waals surface area contributed by atoms with E-state index in [1.165, 1.54) is 32.3 Å². The molecule has 0 unspecified atom stereocenters. The van der Waals surface area contributed by atoms with Crippen LogP contribution < -0.4 is 4.74 Å². The van der Waals surface area contributed by atoms with Gasteiger partial charge in [0.15, 0.2) is 5.78 Å². The first kappa shape index (κ1) is 13.9. The summed E-state index contributed by atoms with van der Waals surface area (Å²) in [7, 11) is 0. The van der Waals surface area contributed by atoms with Gasteiger partial charge in [-0.15, -0.1) is 0 Å². The van der Waals surface area contributed by atoms with Crippen LogP contribution in [0.5, 0.6) is 11.5 Å². The molecule has 1 N–H and O–H groups in total. The number of likely N-dealkylation sites (tertiary alicyclic amines) is 1. The van der Waals surface area contributed by atoms with E-state index in [1.807, 2.05) is 0 Å². The number of ketones is 1. The Morgan fingerprint density at radius 3 is 2.68 bits per heavy atom. The van der Waals surface area contributed by atoms with E-state index in [-0.39, 0.29) is 11.5 Å². The third kappa shape index (κ3) is 3.96. The number of phenols is 1. The fourth-order valence-corrected chi connectivity index (χ4v) is 2.37. The largest absolute Gasteiger partial charge is 0.507 e. The zero-order chi connectivity index (χ0) is 13.7. The molecular formula is C15H21NO3. The van der Waals surface area contributed by atoms with Gasteiger partial charge in [-0.2, -0.15) is 0 Å². The number of piperidine rings is 1. The second kappa shape index (κ2) is 6.57. The molecule has 4 nitrogen and oxygen atoms in total. The molecule has 1 saturated heterocycles. The lowest BCUT2D eigenvalue weighted by molar-refractivity contribution is 0.101. The quantitative estimate of drug-likeness (QED) is 0.829. The van der Waals surface area contributed by atoms with Crippen molar-refractivity contribution in [3.05, 3.63) is 23.8 Å². The van der Waals surface area contributed by atoms with Crippen molar-refractivity contribution < 1.29 is 14.6 Å². The Morgan fingerprint density at radius 1 is 1.32 bits per heavy atom. The van der Waals surface area contributed by atoms with Crippen molar-refractivity contribution in [2.45, 2.75) is 26.2 Å². The highest BCUT2D eigenvalue weighted by atomic mass is 16.5. The summed E-state index contributed by atoms with van der Waals surface area (Å²) >= 11 is 0. The number of phenolic OH excluding ortho intramolecular Hbond substituents is 1. The number of benzene rings is 1. The van der Waals surface area contributed by atoms with E-state index in [2.05, 4.69) is 4.90 Å². The molecule has 0 amide bonds. The van der Waals surface area contributed by atoms with Gasteiger partial charge >= 0.3 is 0 Å². The molecule has 1 aromatic carbocycles. The topological polar surface area (TPSA) is 49.8 Å². The first-order valence-electron chi connectivity index (χ1n) is 6.86. The van der Waals surface area contributed by atoms with Gasteiger partial charge in [0.1, 0.15) is 18.1 Å². The number of aromatic hydroxyl groups is 1. The Hall–Kier alpha value is -1.55. The molecule has 0 aliphatic carbocycles. The maximum atomic E-state index is 11.2. The van der Waals surface area contributed by atoms with Crippen LogP contribution in [0.3, 0.4) is 0 Å². The molecule has 0 atom stereocenters. The first-order chi connectivity index (χ1) is 9.16. The third-order valence-corrected chi connectivity index (χ3v) is 3.47. The first-order valence-corrected chi connectivity index (χ1v) is 6.86. The van der Waals surface area contributed by atoms with E-state index in [1.54, 1.807) is 12.1 Å². The van der Waals surface area contributed by atoms with Gasteiger partial charge in [-0.1, -0.05) is 6.42 Å². The summed E-state index contributed by atoms with van der Waals surface area (Å²) in [6.45, 7) is 5.26. The molecule has 0 saturated carbocycles. The van der Waals surface area contributed by atoms with Gasteiger partial charge in [-0.25, -0.2) is 0 Å². The predicted molar refractivity (Wildman–Crippen MR) is 73.9 cm³/mol. The maximum absolute atomic E-state index is 11.2. The van der Waals surface area contributed by atoms with Crippen LogP contribution in [0, 0.1) is 0 Å². The standard InChI is InChI=1S/C15H21NO3/c1-12(17)14-6-5-13(11-15(14)18)19-10-9-16-7-3-2-4-8-16/h5-6,11,18H,2-4,7-10H2,1H3. The number of carbonyl (C=O) groups is 1. The van der Waals surface area contributed by atoms with Gasteiger partial charge in [0.25, 0.3) is 0 Å². The van der Waals surface area contributed by atoms with E-state index >= 15 is 0 Å². The van der Waals surface area contributed by atoms with Crippen LogP contribution in [0.15, 0.2) is 18.2 Å². The molecule has 2 rings (SSSR count). The van der Waals surface area contributed by atoms with Crippen molar-refractivity contribution >= 4 is 5.78 Å². The Morgan fingerprint density at radius 2 is 2.05 bits per heavy atom. The minimum absolute atomic E-state index is 0.0111.